The summed E-state index contributed by atoms with van der Waals surface area (Å²) in [5, 5.41) is 2.65. The van der Waals surface area contributed by atoms with Gasteiger partial charge in [-0.25, -0.2) is 4.90 Å². The number of carbonyl (C=O) groups is 2. The molecule has 0 spiro atoms. The first-order chi connectivity index (χ1) is 6.61. The maximum absolute atomic E-state index is 11.4. The fraction of sp³-hybridized carbons (Fsp3) is 0.333. The molecule has 1 saturated heterocycles. The number of amides is 2. The molecule has 5 heteroatoms. The van der Waals surface area contributed by atoms with Crippen molar-refractivity contribution in [2.24, 2.45) is 0 Å². The first-order valence-corrected chi connectivity index (χ1v) is 5.88. The van der Waals surface area contributed by atoms with Crippen LogP contribution >= 0.6 is 27.3 Å². The quantitative estimate of drug-likeness (QED) is 0.738. The molecule has 0 radical (unpaired) electrons. The van der Waals surface area contributed by atoms with E-state index >= 15 is 0 Å². The molecule has 1 aliphatic rings. The van der Waals surface area contributed by atoms with E-state index in [0.717, 1.165) is 15.0 Å². The normalized spacial score (nSPS) is 16.9. The standard InChI is InChI=1S/C9H8BrNO2S/c1-5-6(10)4-14-9(5)11-7(12)2-3-8(11)13/h4H,2-3H2,1H3. The minimum atomic E-state index is -0.0903. The van der Waals surface area contributed by atoms with Crippen molar-refractivity contribution in [1.82, 2.24) is 0 Å². The largest absolute Gasteiger partial charge is 0.274 e. The number of anilines is 1. The predicted molar refractivity (Wildman–Crippen MR) is 58.5 cm³/mol. The number of carbonyl (C=O) groups excluding carboxylic acids is 2. The van der Waals surface area contributed by atoms with Crippen LogP contribution in [0.1, 0.15) is 18.4 Å². The van der Waals surface area contributed by atoms with E-state index < -0.39 is 0 Å². The van der Waals surface area contributed by atoms with Gasteiger partial charge in [0.15, 0.2) is 0 Å². The topological polar surface area (TPSA) is 37.4 Å². The molecule has 0 aromatic carbocycles. The Kier molecular flexibility index (Phi) is 2.45. The molecule has 2 heterocycles. The highest BCUT2D eigenvalue weighted by molar-refractivity contribution is 9.10. The van der Waals surface area contributed by atoms with Crippen LogP contribution < -0.4 is 4.90 Å². The summed E-state index contributed by atoms with van der Waals surface area (Å²) in [5.41, 5.74) is 0.957. The Labute approximate surface area is 93.8 Å². The summed E-state index contributed by atoms with van der Waals surface area (Å²) in [6.45, 7) is 1.90. The monoisotopic (exact) mass is 273 g/mol. The van der Waals surface area contributed by atoms with Crippen molar-refractivity contribution in [2.45, 2.75) is 19.8 Å². The minimum absolute atomic E-state index is 0.0903. The summed E-state index contributed by atoms with van der Waals surface area (Å²) < 4.78 is 0.949. The molecular weight excluding hydrogens is 266 g/mol. The van der Waals surface area contributed by atoms with Crippen LogP contribution in [0.3, 0.4) is 0 Å². The first-order valence-electron chi connectivity index (χ1n) is 4.20. The van der Waals surface area contributed by atoms with Gasteiger partial charge in [-0.3, -0.25) is 9.59 Å². The summed E-state index contributed by atoms with van der Waals surface area (Å²) in [6, 6.07) is 0. The van der Waals surface area contributed by atoms with Crippen LogP contribution in [0, 0.1) is 6.92 Å². The average Bonchev–Trinajstić information content (AvgIpc) is 2.62. The van der Waals surface area contributed by atoms with Crippen LogP contribution in [-0.4, -0.2) is 11.8 Å². The van der Waals surface area contributed by atoms with Gasteiger partial charge in [-0.2, -0.15) is 0 Å². The fourth-order valence-electron chi connectivity index (χ4n) is 1.41. The molecule has 0 atom stereocenters. The zero-order valence-electron chi connectivity index (χ0n) is 7.54. The van der Waals surface area contributed by atoms with Gasteiger partial charge in [-0.05, 0) is 28.4 Å². The van der Waals surface area contributed by atoms with Gasteiger partial charge in [0.2, 0.25) is 11.8 Å². The third kappa shape index (κ3) is 1.40. The third-order valence-corrected chi connectivity index (χ3v) is 4.40. The molecule has 1 fully saturated rings. The molecule has 14 heavy (non-hydrogen) atoms. The van der Waals surface area contributed by atoms with Crippen LogP contribution in [0.15, 0.2) is 9.85 Å². The Bertz CT molecular complexity index is 397. The Balaban J connectivity index is 2.44. The predicted octanol–water partition coefficient (Wildman–Crippen LogP) is 2.47. The number of nitrogens with zero attached hydrogens (tertiary/aromatic N) is 1. The smallest absolute Gasteiger partial charge is 0.234 e. The van der Waals surface area contributed by atoms with E-state index in [0.29, 0.717) is 12.8 Å². The first kappa shape index (κ1) is 9.86. The summed E-state index contributed by atoms with van der Waals surface area (Å²) >= 11 is 4.78. The molecule has 0 unspecified atom stereocenters. The second-order valence-corrected chi connectivity index (χ2v) is 4.85. The van der Waals surface area contributed by atoms with Crippen molar-refractivity contribution in [3.8, 4) is 0 Å². The summed E-state index contributed by atoms with van der Waals surface area (Å²) in [7, 11) is 0. The lowest BCUT2D eigenvalue weighted by Crippen LogP contribution is -2.28. The molecule has 3 nitrogen and oxygen atoms in total. The molecule has 1 aromatic rings. The summed E-state index contributed by atoms with van der Waals surface area (Å²) in [5.74, 6) is -0.181. The minimum Gasteiger partial charge on any atom is -0.274 e. The number of rotatable bonds is 1. The van der Waals surface area contributed by atoms with Gasteiger partial charge >= 0.3 is 0 Å². The third-order valence-electron chi connectivity index (χ3n) is 2.21. The highest BCUT2D eigenvalue weighted by Gasteiger charge is 2.32. The Hall–Kier alpha value is -0.680. The molecule has 74 valence electrons. The number of thiophene rings is 1. The number of imide groups is 1. The molecule has 2 amide bonds. The van der Waals surface area contributed by atoms with E-state index in [1.165, 1.54) is 16.2 Å². The maximum atomic E-state index is 11.4. The van der Waals surface area contributed by atoms with Gasteiger partial charge in [-0.1, -0.05) is 0 Å². The van der Waals surface area contributed by atoms with Crippen molar-refractivity contribution >= 4 is 44.1 Å². The van der Waals surface area contributed by atoms with Crippen LogP contribution in [0.25, 0.3) is 0 Å². The van der Waals surface area contributed by atoms with Crippen LogP contribution in [0.4, 0.5) is 5.00 Å². The Morgan fingerprint density at radius 1 is 1.36 bits per heavy atom. The van der Waals surface area contributed by atoms with E-state index in [9.17, 15) is 9.59 Å². The van der Waals surface area contributed by atoms with E-state index in [4.69, 9.17) is 0 Å². The summed E-state index contributed by atoms with van der Waals surface area (Å²) in [4.78, 5) is 24.2. The molecule has 2 rings (SSSR count). The lowest BCUT2D eigenvalue weighted by atomic mass is 10.3. The van der Waals surface area contributed by atoms with E-state index in [-0.39, 0.29) is 11.8 Å². The van der Waals surface area contributed by atoms with E-state index in [1.54, 1.807) is 0 Å². The van der Waals surface area contributed by atoms with Gasteiger partial charge in [0.1, 0.15) is 5.00 Å². The Morgan fingerprint density at radius 3 is 2.36 bits per heavy atom. The van der Waals surface area contributed by atoms with E-state index in [1.807, 2.05) is 12.3 Å². The highest BCUT2D eigenvalue weighted by Crippen LogP contribution is 2.36. The van der Waals surface area contributed by atoms with Crippen molar-refractivity contribution in [3.05, 3.63) is 15.4 Å². The molecule has 1 aliphatic heterocycles. The zero-order valence-corrected chi connectivity index (χ0v) is 9.94. The van der Waals surface area contributed by atoms with Crippen LogP contribution in [0.5, 0.6) is 0 Å². The van der Waals surface area contributed by atoms with Crippen LogP contribution in [0.2, 0.25) is 0 Å². The Morgan fingerprint density at radius 2 is 1.93 bits per heavy atom. The van der Waals surface area contributed by atoms with Gasteiger partial charge in [0.05, 0.1) is 0 Å². The van der Waals surface area contributed by atoms with Crippen molar-refractivity contribution in [1.29, 1.82) is 0 Å². The number of halogens is 1. The lowest BCUT2D eigenvalue weighted by Gasteiger charge is -2.12. The van der Waals surface area contributed by atoms with Crippen molar-refractivity contribution < 1.29 is 9.59 Å². The van der Waals surface area contributed by atoms with Gasteiger partial charge in [-0.15, -0.1) is 11.3 Å². The van der Waals surface area contributed by atoms with Gasteiger partial charge in [0.25, 0.3) is 0 Å². The molecule has 0 bridgehead atoms. The molecule has 0 saturated carbocycles. The van der Waals surface area contributed by atoms with Crippen molar-refractivity contribution in [2.75, 3.05) is 4.90 Å². The fourth-order valence-corrected chi connectivity index (χ4v) is 3.00. The van der Waals surface area contributed by atoms with Gasteiger partial charge in [0, 0.05) is 22.7 Å². The van der Waals surface area contributed by atoms with Gasteiger partial charge < -0.3 is 0 Å². The SMILES string of the molecule is Cc1c(Br)csc1N1C(=O)CCC1=O. The number of hydrogen-bond donors (Lipinski definition) is 0. The second kappa shape index (κ2) is 3.47. The highest BCUT2D eigenvalue weighted by atomic mass is 79.9. The van der Waals surface area contributed by atoms with Crippen molar-refractivity contribution in [3.63, 3.8) is 0 Å². The molecular formula is C9H8BrNO2S. The molecule has 0 aliphatic carbocycles. The maximum Gasteiger partial charge on any atom is 0.234 e. The lowest BCUT2D eigenvalue weighted by molar-refractivity contribution is -0.121. The zero-order chi connectivity index (χ0) is 10.3. The number of hydrogen-bond acceptors (Lipinski definition) is 3. The second-order valence-electron chi connectivity index (χ2n) is 3.14. The molecule has 1 aromatic heterocycles. The summed E-state index contributed by atoms with van der Waals surface area (Å²) in [6.07, 6.45) is 0.682. The van der Waals surface area contributed by atoms with Crippen LogP contribution in [-0.2, 0) is 9.59 Å². The molecule has 0 N–H and O–H groups in total. The average molecular weight is 274 g/mol. The van der Waals surface area contributed by atoms with E-state index in [2.05, 4.69) is 15.9 Å².